The zero-order valence-electron chi connectivity index (χ0n) is 5.10. The van der Waals surface area contributed by atoms with Crippen LogP contribution in [0.1, 0.15) is 20.8 Å². The van der Waals surface area contributed by atoms with E-state index in [9.17, 15) is 0 Å². The van der Waals surface area contributed by atoms with E-state index in [2.05, 4.69) is 0 Å². The fraction of sp³-hybridized carbons (Fsp3) is 1.00. The Labute approximate surface area is 44.3 Å². The van der Waals surface area contributed by atoms with Crippen molar-refractivity contribution in [1.82, 2.24) is 0 Å². The second-order valence-corrected chi connectivity index (χ2v) is 2.38. The first kappa shape index (κ1) is 6.92. The smallest absolute Gasteiger partial charge is 0.113 e. The van der Waals surface area contributed by atoms with E-state index in [1.165, 1.54) is 0 Å². The zero-order valence-corrected chi connectivity index (χ0v) is 5.10. The van der Waals surface area contributed by atoms with Crippen molar-refractivity contribution in [1.29, 1.82) is 0 Å². The minimum Gasteiger partial charge on any atom is -0.376 e. The summed E-state index contributed by atoms with van der Waals surface area (Å²) < 4.78 is 0. The highest BCUT2D eigenvalue weighted by atomic mass is 16.3. The summed E-state index contributed by atoms with van der Waals surface area (Å²) in [6.45, 7) is 5.34. The van der Waals surface area contributed by atoms with Gasteiger partial charge in [0.2, 0.25) is 0 Å². The van der Waals surface area contributed by atoms with Gasteiger partial charge in [0.25, 0.3) is 0 Å². The molecule has 0 amide bonds. The van der Waals surface area contributed by atoms with Gasteiger partial charge in [-0.05, 0) is 12.8 Å². The second-order valence-electron chi connectivity index (χ2n) is 2.38. The summed E-state index contributed by atoms with van der Waals surface area (Å²) in [6, 6.07) is 0. The van der Waals surface area contributed by atoms with E-state index >= 15 is 0 Å². The number of hydrogen-bond acceptors (Lipinski definition) is 2. The Bertz CT molecular complexity index is 53.6. The van der Waals surface area contributed by atoms with Gasteiger partial charge in [-0.15, -0.1) is 0 Å². The molecule has 0 fully saturated rings. The van der Waals surface area contributed by atoms with E-state index < -0.39 is 5.72 Å². The number of hydrogen-bond donors (Lipinski definition) is 2. The maximum Gasteiger partial charge on any atom is 0.113 e. The number of rotatable bonds is 1. The maximum atomic E-state index is 8.87. The van der Waals surface area contributed by atoms with Crippen molar-refractivity contribution in [2.45, 2.75) is 26.5 Å². The van der Waals surface area contributed by atoms with E-state index in [0.717, 1.165) is 0 Å². The normalized spacial score (nSPS) is 19.7. The molecule has 2 heteroatoms. The monoisotopic (exact) mass is 103 g/mol. The van der Waals surface area contributed by atoms with E-state index in [1.54, 1.807) is 6.92 Å². The van der Waals surface area contributed by atoms with E-state index in [0.29, 0.717) is 0 Å². The van der Waals surface area contributed by atoms with Crippen LogP contribution in [0.5, 0.6) is 0 Å². The van der Waals surface area contributed by atoms with E-state index in [-0.39, 0.29) is 5.92 Å². The highest BCUT2D eigenvalue weighted by Gasteiger charge is 2.16. The van der Waals surface area contributed by atoms with Gasteiger partial charge < -0.3 is 10.8 Å². The van der Waals surface area contributed by atoms with Gasteiger partial charge in [0.15, 0.2) is 0 Å². The summed E-state index contributed by atoms with van der Waals surface area (Å²) in [7, 11) is 0. The quantitative estimate of drug-likeness (QED) is 0.469. The molecule has 0 aliphatic carbocycles. The Morgan fingerprint density at radius 1 is 1.57 bits per heavy atom. The average Bonchev–Trinajstić information content (AvgIpc) is 1.31. The van der Waals surface area contributed by atoms with Crippen LogP contribution in [0, 0.1) is 5.92 Å². The summed E-state index contributed by atoms with van der Waals surface area (Å²) in [6.07, 6.45) is 0. The topological polar surface area (TPSA) is 46.2 Å². The van der Waals surface area contributed by atoms with Gasteiger partial charge in [-0.1, -0.05) is 13.8 Å². The molecule has 0 heterocycles. The molecule has 1 atom stereocenters. The van der Waals surface area contributed by atoms with Gasteiger partial charge in [-0.2, -0.15) is 0 Å². The molecule has 0 aliphatic rings. The summed E-state index contributed by atoms with van der Waals surface area (Å²) in [5.74, 6) is 0.132. The second kappa shape index (κ2) is 1.80. The van der Waals surface area contributed by atoms with Gasteiger partial charge in [0.05, 0.1) is 0 Å². The molecule has 0 spiro atoms. The Kier molecular flexibility index (Phi) is 1.78. The summed E-state index contributed by atoms with van der Waals surface area (Å²) in [4.78, 5) is 0. The van der Waals surface area contributed by atoms with Crippen LogP contribution in [0.25, 0.3) is 0 Å². The number of nitrogens with two attached hydrogens (primary N) is 1. The molecule has 0 saturated carbocycles. The molecule has 0 bridgehead atoms. The van der Waals surface area contributed by atoms with Crippen LogP contribution < -0.4 is 5.73 Å². The fourth-order valence-electron chi connectivity index (χ4n) is 0. The molecule has 3 N–H and O–H groups in total. The first-order valence-electron chi connectivity index (χ1n) is 2.46. The van der Waals surface area contributed by atoms with Gasteiger partial charge in [0, 0.05) is 0 Å². The standard InChI is InChI=1S/C5H13NO/c1-4(2)5(3,6)7/h4,7H,6H2,1-3H3/t5-/m0/s1. The highest BCUT2D eigenvalue weighted by molar-refractivity contribution is 4.65. The molecule has 2 nitrogen and oxygen atoms in total. The molecule has 0 radical (unpaired) electrons. The minimum absolute atomic E-state index is 0.132. The van der Waals surface area contributed by atoms with Gasteiger partial charge in [0.1, 0.15) is 5.72 Å². The lowest BCUT2D eigenvalue weighted by Crippen LogP contribution is -2.41. The number of aliphatic hydroxyl groups is 1. The Morgan fingerprint density at radius 2 is 1.71 bits per heavy atom. The van der Waals surface area contributed by atoms with Crippen molar-refractivity contribution < 1.29 is 5.11 Å². The summed E-state index contributed by atoms with van der Waals surface area (Å²) in [5.41, 5.74) is 4.23. The molecular weight excluding hydrogens is 90.1 g/mol. The molecule has 0 aromatic heterocycles. The van der Waals surface area contributed by atoms with Crippen molar-refractivity contribution >= 4 is 0 Å². The van der Waals surface area contributed by atoms with E-state index in [1.807, 2.05) is 13.8 Å². The van der Waals surface area contributed by atoms with Gasteiger partial charge in [-0.3, -0.25) is 0 Å². The third-order valence-corrected chi connectivity index (χ3v) is 1.17. The first-order valence-corrected chi connectivity index (χ1v) is 2.46. The minimum atomic E-state index is -1.00. The third-order valence-electron chi connectivity index (χ3n) is 1.17. The van der Waals surface area contributed by atoms with Crippen molar-refractivity contribution in [3.8, 4) is 0 Å². The van der Waals surface area contributed by atoms with Crippen LogP contribution >= 0.6 is 0 Å². The molecule has 44 valence electrons. The molecule has 0 aromatic carbocycles. The van der Waals surface area contributed by atoms with E-state index in [4.69, 9.17) is 10.8 Å². The molecular formula is C5H13NO. The van der Waals surface area contributed by atoms with Crippen LogP contribution in [-0.2, 0) is 0 Å². The fourth-order valence-corrected chi connectivity index (χ4v) is 0. The Hall–Kier alpha value is -0.0800. The average molecular weight is 103 g/mol. The van der Waals surface area contributed by atoms with Crippen LogP contribution in [0.2, 0.25) is 0 Å². The maximum absolute atomic E-state index is 8.87. The Morgan fingerprint density at radius 3 is 1.71 bits per heavy atom. The summed E-state index contributed by atoms with van der Waals surface area (Å²) in [5, 5.41) is 8.87. The predicted molar refractivity (Wildman–Crippen MR) is 29.6 cm³/mol. The van der Waals surface area contributed by atoms with Crippen molar-refractivity contribution in [3.05, 3.63) is 0 Å². The van der Waals surface area contributed by atoms with Crippen molar-refractivity contribution in [3.63, 3.8) is 0 Å². The lowest BCUT2D eigenvalue weighted by atomic mass is 10.0. The largest absolute Gasteiger partial charge is 0.376 e. The van der Waals surface area contributed by atoms with Gasteiger partial charge in [-0.25, -0.2) is 0 Å². The highest BCUT2D eigenvalue weighted by Crippen LogP contribution is 2.06. The lowest BCUT2D eigenvalue weighted by Gasteiger charge is -2.20. The van der Waals surface area contributed by atoms with Crippen LogP contribution in [0.4, 0.5) is 0 Å². The molecule has 0 aromatic rings. The molecule has 0 rings (SSSR count). The van der Waals surface area contributed by atoms with Crippen LogP contribution in [-0.4, -0.2) is 10.8 Å². The zero-order chi connectivity index (χ0) is 6.08. The molecule has 0 aliphatic heterocycles. The van der Waals surface area contributed by atoms with Crippen molar-refractivity contribution in [2.24, 2.45) is 11.7 Å². The predicted octanol–water partition coefficient (Wildman–Crippen LogP) is 0.310. The Balaban J connectivity index is 3.54. The molecule has 0 unspecified atom stereocenters. The summed E-state index contributed by atoms with van der Waals surface area (Å²) >= 11 is 0. The van der Waals surface area contributed by atoms with Gasteiger partial charge >= 0.3 is 0 Å². The first-order chi connectivity index (χ1) is 2.94. The van der Waals surface area contributed by atoms with Crippen LogP contribution in [0.15, 0.2) is 0 Å². The molecule has 7 heavy (non-hydrogen) atoms. The molecule has 0 saturated heterocycles. The van der Waals surface area contributed by atoms with Crippen molar-refractivity contribution in [2.75, 3.05) is 0 Å². The SMILES string of the molecule is CC(C)[C@@](C)(N)O. The third kappa shape index (κ3) is 2.60. The van der Waals surface area contributed by atoms with Crippen LogP contribution in [0.3, 0.4) is 0 Å². The lowest BCUT2D eigenvalue weighted by molar-refractivity contribution is 0.0200.